The molecule has 1 heterocycles. The van der Waals surface area contributed by atoms with Gasteiger partial charge in [0, 0.05) is 29.9 Å². The lowest BCUT2D eigenvalue weighted by Crippen LogP contribution is -2.59. The molecular formula is C35H58N6O4S. The van der Waals surface area contributed by atoms with Gasteiger partial charge >= 0.3 is 12.1 Å². The zero-order valence-electron chi connectivity index (χ0n) is 29.6. The lowest BCUT2D eigenvalue weighted by Gasteiger charge is -2.37. The van der Waals surface area contributed by atoms with E-state index in [1.165, 1.54) is 4.90 Å². The van der Waals surface area contributed by atoms with Gasteiger partial charge in [-0.15, -0.1) is 11.3 Å². The Morgan fingerprint density at radius 1 is 1.00 bits per heavy atom. The number of hydrogen-bond acceptors (Lipinski definition) is 6. The molecule has 0 aliphatic heterocycles. The SMILES string of the molecule is CCCC(CC)N(C[C@@H](O)[C@H](Cc1ccccc1)NC(=O)[C@@H](NC(=O)N(C)Cc1csc(C(C)C)n1)C(C)C)C(=O)NC(C)(C)C. The number of rotatable bonds is 16. The molecule has 4 N–H and O–H groups in total. The van der Waals surface area contributed by atoms with Crippen molar-refractivity contribution in [2.24, 2.45) is 5.92 Å². The topological polar surface area (TPSA) is 127 Å². The van der Waals surface area contributed by atoms with Crippen LogP contribution in [0.15, 0.2) is 35.7 Å². The fourth-order valence-electron chi connectivity index (χ4n) is 5.21. The molecule has 0 saturated carbocycles. The van der Waals surface area contributed by atoms with Gasteiger partial charge in [-0.3, -0.25) is 4.79 Å². The summed E-state index contributed by atoms with van der Waals surface area (Å²) < 4.78 is 0. The second-order valence-corrected chi connectivity index (χ2v) is 14.8. The Balaban J connectivity index is 2.27. The molecule has 11 heteroatoms. The number of carbonyl (C=O) groups excluding carboxylic acids is 3. The lowest BCUT2D eigenvalue weighted by molar-refractivity contribution is -0.125. The predicted octanol–water partition coefficient (Wildman–Crippen LogP) is 5.91. The second-order valence-electron chi connectivity index (χ2n) is 13.9. The first-order valence-corrected chi connectivity index (χ1v) is 17.5. The van der Waals surface area contributed by atoms with E-state index in [1.807, 2.05) is 77.3 Å². The molecule has 4 atom stereocenters. The van der Waals surface area contributed by atoms with Crippen LogP contribution in [0.4, 0.5) is 9.59 Å². The van der Waals surface area contributed by atoms with Crippen molar-refractivity contribution in [1.29, 1.82) is 0 Å². The van der Waals surface area contributed by atoms with Crippen LogP contribution in [0.25, 0.3) is 0 Å². The van der Waals surface area contributed by atoms with Gasteiger partial charge in [0.25, 0.3) is 0 Å². The van der Waals surface area contributed by atoms with Crippen LogP contribution < -0.4 is 16.0 Å². The number of nitrogens with zero attached hydrogens (tertiary/aromatic N) is 3. The molecule has 1 unspecified atom stereocenters. The van der Waals surface area contributed by atoms with Crippen molar-refractivity contribution < 1.29 is 19.5 Å². The average molecular weight is 659 g/mol. The zero-order chi connectivity index (χ0) is 34.6. The van der Waals surface area contributed by atoms with Crippen LogP contribution in [0.3, 0.4) is 0 Å². The Bertz CT molecular complexity index is 1230. The predicted molar refractivity (Wildman–Crippen MR) is 187 cm³/mol. The van der Waals surface area contributed by atoms with Gasteiger partial charge in [-0.1, -0.05) is 78.3 Å². The number of hydrogen-bond donors (Lipinski definition) is 4. The van der Waals surface area contributed by atoms with Crippen molar-refractivity contribution in [2.45, 2.75) is 130 Å². The third-order valence-corrected chi connectivity index (χ3v) is 8.98. The maximum atomic E-state index is 13.8. The molecular weight excluding hydrogens is 600 g/mol. The third-order valence-electron chi connectivity index (χ3n) is 7.79. The van der Waals surface area contributed by atoms with Crippen LogP contribution in [0, 0.1) is 5.92 Å². The maximum absolute atomic E-state index is 13.8. The normalized spacial score (nSPS) is 14.4. The number of aromatic nitrogens is 1. The number of urea groups is 2. The molecule has 0 fully saturated rings. The Morgan fingerprint density at radius 2 is 1.65 bits per heavy atom. The summed E-state index contributed by atoms with van der Waals surface area (Å²) in [5.74, 6) is -0.300. The molecule has 1 aromatic carbocycles. The zero-order valence-corrected chi connectivity index (χ0v) is 30.4. The number of carbonyl (C=O) groups is 3. The number of aliphatic hydroxyl groups is 1. The largest absolute Gasteiger partial charge is 0.389 e. The van der Waals surface area contributed by atoms with Crippen molar-refractivity contribution in [3.63, 3.8) is 0 Å². The van der Waals surface area contributed by atoms with Crippen LogP contribution in [0.2, 0.25) is 0 Å². The van der Waals surface area contributed by atoms with Crippen molar-refractivity contribution in [2.75, 3.05) is 13.6 Å². The van der Waals surface area contributed by atoms with E-state index in [9.17, 15) is 19.5 Å². The van der Waals surface area contributed by atoms with Gasteiger partial charge in [-0.05, 0) is 51.5 Å². The minimum absolute atomic E-state index is 0.0473. The second kappa shape index (κ2) is 18.2. The molecule has 2 rings (SSSR count). The van der Waals surface area contributed by atoms with E-state index in [1.54, 1.807) is 23.3 Å². The summed E-state index contributed by atoms with van der Waals surface area (Å²) in [5, 5.41) is 23.7. The van der Waals surface area contributed by atoms with Crippen molar-refractivity contribution >= 4 is 29.3 Å². The maximum Gasteiger partial charge on any atom is 0.318 e. The molecule has 0 aliphatic carbocycles. The minimum atomic E-state index is -1.06. The smallest absolute Gasteiger partial charge is 0.318 e. The van der Waals surface area contributed by atoms with Crippen LogP contribution in [0.5, 0.6) is 0 Å². The van der Waals surface area contributed by atoms with Gasteiger partial charge in [0.2, 0.25) is 5.91 Å². The van der Waals surface area contributed by atoms with Crippen molar-refractivity contribution in [1.82, 2.24) is 30.7 Å². The van der Waals surface area contributed by atoms with Crippen molar-refractivity contribution in [3.8, 4) is 0 Å². The van der Waals surface area contributed by atoms with E-state index in [0.717, 1.165) is 35.5 Å². The molecule has 46 heavy (non-hydrogen) atoms. The molecule has 5 amide bonds. The average Bonchev–Trinajstić information content (AvgIpc) is 3.45. The fourth-order valence-corrected chi connectivity index (χ4v) is 6.04. The van der Waals surface area contributed by atoms with Crippen LogP contribution in [-0.2, 0) is 17.8 Å². The number of nitrogens with one attached hydrogen (secondary N) is 3. The summed E-state index contributed by atoms with van der Waals surface area (Å²) >= 11 is 1.57. The lowest BCUT2D eigenvalue weighted by atomic mass is 9.97. The van der Waals surface area contributed by atoms with E-state index < -0.39 is 29.6 Å². The molecule has 1 aromatic heterocycles. The molecule has 0 aliphatic rings. The highest BCUT2D eigenvalue weighted by Crippen LogP contribution is 2.20. The first-order chi connectivity index (χ1) is 21.6. The van der Waals surface area contributed by atoms with Crippen LogP contribution >= 0.6 is 11.3 Å². The number of amides is 5. The van der Waals surface area contributed by atoms with E-state index in [0.29, 0.717) is 18.9 Å². The third kappa shape index (κ3) is 12.5. The quantitative estimate of drug-likeness (QED) is 0.178. The summed E-state index contributed by atoms with van der Waals surface area (Å²) in [6, 6.07) is 7.39. The minimum Gasteiger partial charge on any atom is -0.389 e. The van der Waals surface area contributed by atoms with Gasteiger partial charge < -0.3 is 30.9 Å². The Kier molecular flexibility index (Phi) is 15.5. The van der Waals surface area contributed by atoms with E-state index in [-0.39, 0.29) is 30.6 Å². The number of aliphatic hydroxyl groups excluding tert-OH is 1. The molecule has 258 valence electrons. The summed E-state index contributed by atoms with van der Waals surface area (Å²) in [5.41, 5.74) is 1.29. The monoisotopic (exact) mass is 658 g/mol. The fraction of sp³-hybridized carbons (Fsp3) is 0.657. The molecule has 0 spiro atoms. The highest BCUT2D eigenvalue weighted by atomic mass is 32.1. The van der Waals surface area contributed by atoms with E-state index in [2.05, 4.69) is 41.7 Å². The standard InChI is InChI=1S/C35H58N6O4S/c1-11-16-27(12-2)41(34(45)39-35(7,8)9)21-29(42)28(19-25-17-14-13-15-18-25)37-31(43)30(23(3)4)38-33(44)40(10)20-26-22-46-32(36-26)24(5)6/h13-15,17-18,22-24,27-30,42H,11-12,16,19-21H2,1-10H3,(H,37,43)(H,38,44)(H,39,45)/t27?,28-,29+,30-/m0/s1. The molecule has 0 saturated heterocycles. The Labute approximate surface area is 280 Å². The number of thiazole rings is 1. The van der Waals surface area contributed by atoms with Gasteiger partial charge in [0.05, 0.1) is 35.9 Å². The summed E-state index contributed by atoms with van der Waals surface area (Å²) in [6.45, 7) is 18.2. The summed E-state index contributed by atoms with van der Waals surface area (Å²) in [7, 11) is 1.68. The first kappa shape index (κ1) is 39.0. The van der Waals surface area contributed by atoms with Gasteiger partial charge in [0.15, 0.2) is 0 Å². The molecule has 2 aromatic rings. The van der Waals surface area contributed by atoms with Gasteiger partial charge in [0.1, 0.15) is 6.04 Å². The summed E-state index contributed by atoms with van der Waals surface area (Å²) in [6.07, 6.45) is 1.72. The highest BCUT2D eigenvalue weighted by Gasteiger charge is 2.33. The highest BCUT2D eigenvalue weighted by molar-refractivity contribution is 7.09. The van der Waals surface area contributed by atoms with Crippen LogP contribution in [-0.4, -0.2) is 81.2 Å². The Morgan fingerprint density at radius 3 is 2.17 bits per heavy atom. The first-order valence-electron chi connectivity index (χ1n) is 16.6. The van der Waals surface area contributed by atoms with Gasteiger partial charge in [-0.25, -0.2) is 14.6 Å². The summed E-state index contributed by atoms with van der Waals surface area (Å²) in [4.78, 5) is 48.4. The van der Waals surface area contributed by atoms with E-state index in [4.69, 9.17) is 0 Å². The van der Waals surface area contributed by atoms with Gasteiger partial charge in [-0.2, -0.15) is 0 Å². The van der Waals surface area contributed by atoms with E-state index >= 15 is 0 Å². The van der Waals surface area contributed by atoms with Crippen LogP contribution in [0.1, 0.15) is 104 Å². The Hall–Kier alpha value is -3.18. The molecule has 10 nitrogen and oxygen atoms in total. The van der Waals surface area contributed by atoms with Crippen molar-refractivity contribution in [3.05, 3.63) is 52.0 Å². The molecule has 0 bridgehead atoms. The molecule has 0 radical (unpaired) electrons. The number of benzene rings is 1.